The lowest BCUT2D eigenvalue weighted by atomic mass is 9.49. The molecule has 160 valence electrons. The van der Waals surface area contributed by atoms with Crippen LogP contribution in [0.3, 0.4) is 0 Å². The van der Waals surface area contributed by atoms with Gasteiger partial charge in [0.05, 0.1) is 23.0 Å². The maximum Gasteiger partial charge on any atom is 0.225 e. The fraction of sp³-hybridized carbons (Fsp3) is 0.462. The fourth-order valence-electron chi connectivity index (χ4n) is 6.98. The molecule has 4 aliphatic carbocycles. The Labute approximate surface area is 187 Å². The van der Waals surface area contributed by atoms with E-state index < -0.39 is 0 Å². The first-order chi connectivity index (χ1) is 15.1. The van der Waals surface area contributed by atoms with Crippen molar-refractivity contribution in [3.63, 3.8) is 0 Å². The van der Waals surface area contributed by atoms with Crippen molar-refractivity contribution < 1.29 is 9.53 Å². The number of nitrogens with one attached hydrogen (secondary N) is 1. The van der Waals surface area contributed by atoms with Crippen LogP contribution in [0.1, 0.15) is 44.9 Å². The van der Waals surface area contributed by atoms with Gasteiger partial charge >= 0.3 is 0 Å². The Hall–Kier alpha value is -2.40. The number of nitrogens with zero attached hydrogens (tertiary/aromatic N) is 1. The van der Waals surface area contributed by atoms with E-state index >= 15 is 0 Å². The van der Waals surface area contributed by atoms with E-state index in [0.29, 0.717) is 12.2 Å². The van der Waals surface area contributed by atoms with E-state index in [9.17, 15) is 4.79 Å². The molecule has 4 fully saturated rings. The number of methoxy groups -OCH3 is 1. The smallest absolute Gasteiger partial charge is 0.225 e. The van der Waals surface area contributed by atoms with Gasteiger partial charge in [-0.25, -0.2) is 4.98 Å². The van der Waals surface area contributed by atoms with Gasteiger partial charge in [-0.15, -0.1) is 11.3 Å². The van der Waals surface area contributed by atoms with Crippen molar-refractivity contribution in [3.8, 4) is 16.3 Å². The van der Waals surface area contributed by atoms with Gasteiger partial charge in [-0.2, -0.15) is 0 Å². The van der Waals surface area contributed by atoms with Crippen molar-refractivity contribution in [2.24, 2.45) is 23.2 Å². The Morgan fingerprint density at radius 1 is 1.10 bits per heavy atom. The third kappa shape index (κ3) is 3.53. The predicted molar refractivity (Wildman–Crippen MR) is 125 cm³/mol. The predicted octanol–water partition coefficient (Wildman–Crippen LogP) is 6.52. The molecule has 0 spiro atoms. The minimum Gasteiger partial charge on any atom is -0.495 e. The van der Waals surface area contributed by atoms with Crippen molar-refractivity contribution in [1.82, 2.24) is 4.98 Å². The first-order valence-corrected chi connectivity index (χ1v) is 12.2. The van der Waals surface area contributed by atoms with Gasteiger partial charge in [0.25, 0.3) is 0 Å². The number of para-hydroxylation sites is 1. The van der Waals surface area contributed by atoms with Gasteiger partial charge in [-0.1, -0.05) is 12.1 Å². The van der Waals surface area contributed by atoms with Gasteiger partial charge < -0.3 is 10.1 Å². The summed E-state index contributed by atoms with van der Waals surface area (Å²) in [4.78, 5) is 17.9. The molecular weight excluding hydrogens is 404 g/mol. The fourth-order valence-corrected chi connectivity index (χ4v) is 7.94. The number of rotatable bonds is 5. The number of ether oxygens (including phenoxy) is 1. The van der Waals surface area contributed by atoms with Crippen LogP contribution in [0.15, 0.2) is 42.5 Å². The number of benzene rings is 2. The topological polar surface area (TPSA) is 51.2 Å². The van der Waals surface area contributed by atoms with Crippen LogP contribution in [-0.4, -0.2) is 18.0 Å². The summed E-state index contributed by atoms with van der Waals surface area (Å²) in [5.74, 6) is 3.40. The molecule has 0 saturated heterocycles. The summed E-state index contributed by atoms with van der Waals surface area (Å²) in [6, 6.07) is 14.1. The highest BCUT2D eigenvalue weighted by molar-refractivity contribution is 7.21. The molecule has 4 saturated carbocycles. The highest BCUT2D eigenvalue weighted by Gasteiger charge is 2.51. The number of carbonyl (C=O) groups is 1. The number of carbonyl (C=O) groups excluding carboxylic acids is 1. The van der Waals surface area contributed by atoms with Crippen molar-refractivity contribution in [3.05, 3.63) is 42.5 Å². The van der Waals surface area contributed by atoms with Crippen LogP contribution < -0.4 is 10.1 Å². The molecule has 3 aromatic rings. The summed E-state index contributed by atoms with van der Waals surface area (Å²) >= 11 is 1.67. The molecule has 0 unspecified atom stereocenters. The van der Waals surface area contributed by atoms with Crippen LogP contribution >= 0.6 is 11.3 Å². The van der Waals surface area contributed by atoms with E-state index in [0.717, 1.165) is 39.5 Å². The third-order valence-electron chi connectivity index (χ3n) is 7.72. The highest BCUT2D eigenvalue weighted by Crippen LogP contribution is 2.61. The number of anilines is 1. The van der Waals surface area contributed by atoms with E-state index in [-0.39, 0.29) is 11.3 Å². The molecule has 1 aromatic heterocycles. The Morgan fingerprint density at radius 3 is 2.48 bits per heavy atom. The van der Waals surface area contributed by atoms with E-state index in [4.69, 9.17) is 9.72 Å². The van der Waals surface area contributed by atoms with E-state index in [1.54, 1.807) is 18.4 Å². The van der Waals surface area contributed by atoms with Gasteiger partial charge in [0.1, 0.15) is 10.8 Å². The first kappa shape index (κ1) is 19.3. The highest BCUT2D eigenvalue weighted by atomic mass is 32.1. The van der Waals surface area contributed by atoms with Gasteiger partial charge in [-0.3, -0.25) is 4.79 Å². The SMILES string of the molecule is COc1ccc(-c2nc3ccccc3s2)cc1NC(=O)CC12CC3CC(CC(C3)C1)C2. The average molecular weight is 433 g/mol. The van der Waals surface area contributed by atoms with Crippen LogP contribution in [0.4, 0.5) is 5.69 Å². The molecule has 4 nitrogen and oxygen atoms in total. The van der Waals surface area contributed by atoms with Crippen molar-refractivity contribution in [1.29, 1.82) is 0 Å². The largest absolute Gasteiger partial charge is 0.495 e. The number of thiazole rings is 1. The Balaban J connectivity index is 1.24. The van der Waals surface area contributed by atoms with Gasteiger partial charge in [0, 0.05) is 12.0 Å². The van der Waals surface area contributed by atoms with Gasteiger partial charge in [0.15, 0.2) is 0 Å². The molecule has 5 heteroatoms. The lowest BCUT2D eigenvalue weighted by Crippen LogP contribution is -2.47. The lowest BCUT2D eigenvalue weighted by Gasteiger charge is -2.56. The summed E-state index contributed by atoms with van der Waals surface area (Å²) < 4.78 is 6.73. The molecule has 1 amide bonds. The third-order valence-corrected chi connectivity index (χ3v) is 8.80. The second-order valence-corrected chi connectivity index (χ2v) is 11.1. The van der Waals surface area contributed by atoms with Crippen LogP contribution in [0.2, 0.25) is 0 Å². The second-order valence-electron chi connectivity index (χ2n) is 10.0. The minimum atomic E-state index is 0.127. The summed E-state index contributed by atoms with van der Waals surface area (Å²) in [5.41, 5.74) is 2.99. The zero-order chi connectivity index (χ0) is 21.0. The van der Waals surface area contributed by atoms with Crippen molar-refractivity contribution in [2.45, 2.75) is 44.9 Å². The zero-order valence-corrected chi connectivity index (χ0v) is 18.7. The summed E-state index contributed by atoms with van der Waals surface area (Å²) in [7, 11) is 1.65. The first-order valence-electron chi connectivity index (χ1n) is 11.4. The molecule has 0 radical (unpaired) electrons. The second kappa shape index (κ2) is 7.33. The average Bonchev–Trinajstić information content (AvgIpc) is 3.16. The number of hydrogen-bond acceptors (Lipinski definition) is 4. The van der Waals surface area contributed by atoms with Crippen molar-refractivity contribution in [2.75, 3.05) is 12.4 Å². The zero-order valence-electron chi connectivity index (χ0n) is 17.9. The van der Waals surface area contributed by atoms with Crippen LogP contribution in [-0.2, 0) is 4.79 Å². The normalized spacial score (nSPS) is 28.7. The summed E-state index contributed by atoms with van der Waals surface area (Å²) in [6.07, 6.45) is 8.58. The number of amides is 1. The van der Waals surface area contributed by atoms with E-state index in [2.05, 4.69) is 11.4 Å². The Bertz CT molecular complexity index is 1080. The maximum absolute atomic E-state index is 13.2. The van der Waals surface area contributed by atoms with Crippen LogP contribution in [0.25, 0.3) is 20.8 Å². The number of hydrogen-bond donors (Lipinski definition) is 1. The molecule has 4 bridgehead atoms. The molecule has 4 aliphatic rings. The molecule has 1 N–H and O–H groups in total. The lowest BCUT2D eigenvalue weighted by molar-refractivity contribution is -0.124. The monoisotopic (exact) mass is 432 g/mol. The van der Waals surface area contributed by atoms with E-state index in [1.807, 2.05) is 36.4 Å². The molecule has 7 rings (SSSR count). The quantitative estimate of drug-likeness (QED) is 0.499. The number of aromatic nitrogens is 1. The van der Waals surface area contributed by atoms with Crippen LogP contribution in [0, 0.1) is 23.2 Å². The molecule has 0 atom stereocenters. The number of fused-ring (bicyclic) bond motifs is 1. The minimum absolute atomic E-state index is 0.127. The standard InChI is InChI=1S/C26H28N2O2S/c1-30-22-7-6-19(25-28-20-4-2-3-5-23(20)31-25)11-21(22)27-24(29)15-26-12-16-8-17(13-26)10-18(9-16)14-26/h2-7,11,16-18H,8-10,12-15H2,1H3,(H,27,29). The molecule has 1 heterocycles. The summed E-state index contributed by atoms with van der Waals surface area (Å²) in [5, 5.41) is 4.15. The molecule has 31 heavy (non-hydrogen) atoms. The summed E-state index contributed by atoms with van der Waals surface area (Å²) in [6.45, 7) is 0. The Morgan fingerprint density at radius 2 is 1.81 bits per heavy atom. The molecule has 2 aromatic carbocycles. The molecular formula is C26H28N2O2S. The van der Waals surface area contributed by atoms with Gasteiger partial charge in [0.2, 0.25) is 5.91 Å². The van der Waals surface area contributed by atoms with E-state index in [1.165, 1.54) is 43.2 Å². The van der Waals surface area contributed by atoms with Crippen LogP contribution in [0.5, 0.6) is 5.75 Å². The van der Waals surface area contributed by atoms with Crippen molar-refractivity contribution >= 4 is 33.1 Å². The maximum atomic E-state index is 13.2. The van der Waals surface area contributed by atoms with Gasteiger partial charge in [-0.05, 0) is 92.0 Å². The Kier molecular flexibility index (Phi) is 4.57. The molecule has 0 aliphatic heterocycles.